The zero-order valence-electron chi connectivity index (χ0n) is 12.7. The molecule has 1 aliphatic heterocycles. The molecule has 0 unspecified atom stereocenters. The van der Waals surface area contributed by atoms with Crippen LogP contribution in [0, 0.1) is 11.6 Å². The van der Waals surface area contributed by atoms with E-state index in [1.54, 1.807) is 12.3 Å². The molecule has 3 rings (SSSR count). The lowest BCUT2D eigenvalue weighted by Crippen LogP contribution is -2.36. The Labute approximate surface area is 133 Å². The topological polar surface area (TPSA) is 48.4 Å². The molecule has 6 heteroatoms. The Morgan fingerprint density at radius 3 is 2.78 bits per heavy atom. The van der Waals surface area contributed by atoms with Crippen molar-refractivity contribution in [2.75, 3.05) is 23.3 Å². The fourth-order valence-electron chi connectivity index (χ4n) is 2.73. The lowest BCUT2D eigenvalue weighted by molar-refractivity contribution is 0.145. The largest absolute Gasteiger partial charge is 0.393 e. The van der Waals surface area contributed by atoms with Crippen LogP contribution in [0.2, 0.25) is 0 Å². The first-order valence-electron chi connectivity index (χ1n) is 7.69. The van der Waals surface area contributed by atoms with E-state index in [0.717, 1.165) is 36.7 Å². The molecule has 0 atom stereocenters. The van der Waals surface area contributed by atoms with Crippen molar-refractivity contribution in [1.82, 2.24) is 4.98 Å². The van der Waals surface area contributed by atoms with Crippen LogP contribution in [0.3, 0.4) is 0 Å². The summed E-state index contributed by atoms with van der Waals surface area (Å²) in [4.78, 5) is 6.49. The minimum atomic E-state index is -0.459. The predicted octanol–water partition coefficient (Wildman–Crippen LogP) is 2.93. The number of benzene rings is 1. The number of hydrogen-bond donors (Lipinski definition) is 2. The number of nitrogens with zero attached hydrogens (tertiary/aromatic N) is 2. The van der Waals surface area contributed by atoms with Gasteiger partial charge in [0, 0.05) is 31.4 Å². The van der Waals surface area contributed by atoms with Gasteiger partial charge in [-0.15, -0.1) is 0 Å². The van der Waals surface area contributed by atoms with E-state index >= 15 is 0 Å². The Morgan fingerprint density at radius 2 is 2.00 bits per heavy atom. The summed E-state index contributed by atoms with van der Waals surface area (Å²) < 4.78 is 27.0. The number of aromatic nitrogens is 1. The number of rotatable bonds is 4. The van der Waals surface area contributed by atoms with Gasteiger partial charge < -0.3 is 15.3 Å². The smallest absolute Gasteiger partial charge is 0.151 e. The summed E-state index contributed by atoms with van der Waals surface area (Å²) in [5.74, 6) is -0.124. The Bertz CT molecular complexity index is 673. The Morgan fingerprint density at radius 1 is 1.22 bits per heavy atom. The van der Waals surface area contributed by atoms with Crippen LogP contribution < -0.4 is 10.2 Å². The number of pyridine rings is 1. The average molecular weight is 319 g/mol. The first-order valence-corrected chi connectivity index (χ1v) is 7.69. The molecule has 1 aliphatic rings. The van der Waals surface area contributed by atoms with E-state index in [9.17, 15) is 13.9 Å². The highest BCUT2D eigenvalue weighted by molar-refractivity contribution is 5.65. The molecule has 4 nitrogen and oxygen atoms in total. The van der Waals surface area contributed by atoms with Gasteiger partial charge in [0.15, 0.2) is 5.82 Å². The summed E-state index contributed by atoms with van der Waals surface area (Å²) in [6.45, 7) is 1.63. The second-order valence-electron chi connectivity index (χ2n) is 5.68. The van der Waals surface area contributed by atoms with Gasteiger partial charge in [-0.25, -0.2) is 13.8 Å². The van der Waals surface area contributed by atoms with Gasteiger partial charge in [0.1, 0.15) is 11.6 Å². The number of piperidine rings is 1. The zero-order valence-corrected chi connectivity index (χ0v) is 12.7. The Hall–Kier alpha value is -2.21. The van der Waals surface area contributed by atoms with E-state index in [-0.39, 0.29) is 18.2 Å². The molecular weight excluding hydrogens is 300 g/mol. The monoisotopic (exact) mass is 319 g/mol. The third kappa shape index (κ3) is 3.76. The molecular formula is C17H19F2N3O. The molecule has 0 aliphatic carbocycles. The van der Waals surface area contributed by atoms with Gasteiger partial charge in [0.25, 0.3) is 0 Å². The summed E-state index contributed by atoms with van der Waals surface area (Å²) in [7, 11) is 0. The SMILES string of the molecule is OC1CCN(c2ncccc2NCc2cc(F)ccc2F)CC1. The number of anilines is 2. The number of aliphatic hydroxyl groups is 1. The van der Waals surface area contributed by atoms with Crippen molar-refractivity contribution < 1.29 is 13.9 Å². The first kappa shape index (κ1) is 15.7. The maximum atomic E-state index is 13.7. The fraction of sp³-hybridized carbons (Fsp3) is 0.353. The molecule has 1 aromatic heterocycles. The molecule has 2 N–H and O–H groups in total. The summed E-state index contributed by atoms with van der Waals surface area (Å²) in [6.07, 6.45) is 2.85. The minimum absolute atomic E-state index is 0.179. The van der Waals surface area contributed by atoms with Crippen LogP contribution in [0.1, 0.15) is 18.4 Å². The number of aliphatic hydroxyl groups excluding tert-OH is 1. The van der Waals surface area contributed by atoms with Crippen LogP contribution in [0.15, 0.2) is 36.5 Å². The standard InChI is InChI=1S/C17H19F2N3O/c18-13-3-4-15(19)12(10-13)11-21-16-2-1-7-20-17(16)22-8-5-14(23)6-9-22/h1-4,7,10,14,21,23H,5-6,8-9,11H2. The van der Waals surface area contributed by atoms with Crippen molar-refractivity contribution in [3.8, 4) is 0 Å². The first-order chi connectivity index (χ1) is 11.1. The molecule has 0 amide bonds. The van der Waals surface area contributed by atoms with Gasteiger partial charge in [0.05, 0.1) is 11.8 Å². The summed E-state index contributed by atoms with van der Waals surface area (Å²) in [5, 5.41) is 12.7. The van der Waals surface area contributed by atoms with Crippen LogP contribution in [0.25, 0.3) is 0 Å². The van der Waals surface area contributed by atoms with Crippen LogP contribution in [-0.4, -0.2) is 29.3 Å². The quantitative estimate of drug-likeness (QED) is 0.910. The lowest BCUT2D eigenvalue weighted by atomic mass is 10.1. The van der Waals surface area contributed by atoms with Gasteiger partial charge in [0.2, 0.25) is 0 Å². The second-order valence-corrected chi connectivity index (χ2v) is 5.68. The fourth-order valence-corrected chi connectivity index (χ4v) is 2.73. The molecule has 1 saturated heterocycles. The van der Waals surface area contributed by atoms with Crippen molar-refractivity contribution in [1.29, 1.82) is 0 Å². The van der Waals surface area contributed by atoms with Crippen molar-refractivity contribution >= 4 is 11.5 Å². The highest BCUT2D eigenvalue weighted by Crippen LogP contribution is 2.26. The van der Waals surface area contributed by atoms with E-state index in [0.29, 0.717) is 12.8 Å². The van der Waals surface area contributed by atoms with Crippen LogP contribution >= 0.6 is 0 Å². The molecule has 2 heterocycles. The van der Waals surface area contributed by atoms with E-state index in [1.807, 2.05) is 6.07 Å². The van der Waals surface area contributed by atoms with Crippen LogP contribution in [0.4, 0.5) is 20.3 Å². The van der Waals surface area contributed by atoms with Gasteiger partial charge in [-0.3, -0.25) is 0 Å². The average Bonchev–Trinajstić information content (AvgIpc) is 2.57. The molecule has 1 aromatic carbocycles. The number of hydrogen-bond acceptors (Lipinski definition) is 4. The normalized spacial score (nSPS) is 15.7. The number of nitrogens with one attached hydrogen (secondary N) is 1. The Balaban J connectivity index is 1.74. The maximum absolute atomic E-state index is 13.7. The molecule has 0 saturated carbocycles. The van der Waals surface area contributed by atoms with E-state index in [2.05, 4.69) is 15.2 Å². The summed E-state index contributed by atoms with van der Waals surface area (Å²) in [5.41, 5.74) is 1.04. The lowest BCUT2D eigenvalue weighted by Gasteiger charge is -2.31. The van der Waals surface area contributed by atoms with Gasteiger partial charge in [-0.1, -0.05) is 0 Å². The zero-order chi connectivity index (χ0) is 16.2. The minimum Gasteiger partial charge on any atom is -0.393 e. The van der Waals surface area contributed by atoms with E-state index in [4.69, 9.17) is 0 Å². The van der Waals surface area contributed by atoms with Crippen molar-refractivity contribution in [2.24, 2.45) is 0 Å². The molecule has 0 bridgehead atoms. The van der Waals surface area contributed by atoms with E-state index in [1.165, 1.54) is 6.07 Å². The van der Waals surface area contributed by atoms with Crippen LogP contribution in [-0.2, 0) is 6.54 Å². The second kappa shape index (κ2) is 6.91. The molecule has 23 heavy (non-hydrogen) atoms. The third-order valence-electron chi connectivity index (χ3n) is 4.03. The highest BCUT2D eigenvalue weighted by atomic mass is 19.1. The number of halogens is 2. The predicted molar refractivity (Wildman–Crippen MR) is 85.4 cm³/mol. The highest BCUT2D eigenvalue weighted by Gasteiger charge is 2.20. The molecule has 0 spiro atoms. The maximum Gasteiger partial charge on any atom is 0.151 e. The third-order valence-corrected chi connectivity index (χ3v) is 4.03. The molecule has 2 aromatic rings. The van der Waals surface area contributed by atoms with Gasteiger partial charge >= 0.3 is 0 Å². The molecule has 0 radical (unpaired) electrons. The van der Waals surface area contributed by atoms with Gasteiger partial charge in [-0.2, -0.15) is 0 Å². The summed E-state index contributed by atoms with van der Waals surface area (Å²) >= 11 is 0. The van der Waals surface area contributed by atoms with Crippen molar-refractivity contribution in [2.45, 2.75) is 25.5 Å². The summed E-state index contributed by atoms with van der Waals surface area (Å²) in [6, 6.07) is 7.09. The van der Waals surface area contributed by atoms with Crippen LogP contribution in [0.5, 0.6) is 0 Å². The Kier molecular flexibility index (Phi) is 4.71. The van der Waals surface area contributed by atoms with Crippen molar-refractivity contribution in [3.05, 3.63) is 53.7 Å². The molecule has 1 fully saturated rings. The van der Waals surface area contributed by atoms with E-state index < -0.39 is 11.6 Å². The van der Waals surface area contributed by atoms with Crippen molar-refractivity contribution in [3.63, 3.8) is 0 Å². The van der Waals surface area contributed by atoms with Gasteiger partial charge in [-0.05, 0) is 43.2 Å². The molecule has 122 valence electrons.